The minimum absolute atomic E-state index is 0.597. The van der Waals surface area contributed by atoms with Gasteiger partial charge in [0.25, 0.3) is 0 Å². The molecular weight excluding hydrogens is 697 g/mol. The van der Waals surface area contributed by atoms with Crippen LogP contribution in [0.25, 0.3) is 88.6 Å². The average Bonchev–Trinajstić information content (AvgIpc) is 3.88. The van der Waals surface area contributed by atoms with Crippen molar-refractivity contribution in [3.63, 3.8) is 0 Å². The first-order chi connectivity index (χ1) is 28.2. The van der Waals surface area contributed by atoms with Crippen LogP contribution in [0.1, 0.15) is 0 Å². The summed E-state index contributed by atoms with van der Waals surface area (Å²) in [6.45, 7) is 0. The van der Waals surface area contributed by atoms with Crippen LogP contribution in [0.5, 0.6) is 0 Å². The van der Waals surface area contributed by atoms with Crippen LogP contribution >= 0.6 is 0 Å². The smallest absolute Gasteiger partial charge is 0.227 e. The Morgan fingerprint density at radius 3 is 1.63 bits per heavy atom. The highest BCUT2D eigenvalue weighted by Crippen LogP contribution is 2.44. The maximum absolute atomic E-state index is 6.44. The average molecular weight is 731 g/mol. The second kappa shape index (κ2) is 13.6. The molecule has 0 spiro atoms. The third-order valence-corrected chi connectivity index (χ3v) is 10.9. The lowest BCUT2D eigenvalue weighted by molar-refractivity contribution is 0.617. The van der Waals surface area contributed by atoms with Gasteiger partial charge in [-0.15, -0.1) is 0 Å². The van der Waals surface area contributed by atoms with Crippen LogP contribution < -0.4 is 4.90 Å². The third kappa shape index (κ3) is 5.74. The van der Waals surface area contributed by atoms with Crippen molar-refractivity contribution in [2.24, 2.45) is 0 Å². The molecule has 0 amide bonds. The lowest BCUT2D eigenvalue weighted by atomic mass is 9.96. The molecule has 0 unspecified atom stereocenters. The Hall–Kier alpha value is -7.69. The zero-order chi connectivity index (χ0) is 37.7. The Balaban J connectivity index is 1.04. The molecule has 268 valence electrons. The standard InChI is InChI=1S/C53H34N2O2/c1-4-13-35(14-5-1)36-23-27-40(28-24-36)55(48-32-31-42(37-15-6-2-7-16-37)44-19-10-11-20-45(44)48)41-29-25-38(26-30-41)43-21-12-22-49-52(43)46-33-47-51(34-50(46)56-49)57-53(54-47)39-17-8-3-9-18-39/h1-34H. The van der Waals surface area contributed by atoms with E-state index in [1.807, 2.05) is 42.5 Å². The minimum atomic E-state index is 0.597. The van der Waals surface area contributed by atoms with Crippen LogP contribution in [-0.4, -0.2) is 4.98 Å². The molecule has 4 nitrogen and oxygen atoms in total. The number of rotatable bonds is 7. The highest BCUT2D eigenvalue weighted by Gasteiger charge is 2.20. The van der Waals surface area contributed by atoms with Crippen LogP contribution in [0, 0.1) is 0 Å². The molecule has 0 aliphatic carbocycles. The predicted molar refractivity (Wildman–Crippen MR) is 235 cm³/mol. The number of anilines is 3. The number of furan rings is 1. The first kappa shape index (κ1) is 32.7. The first-order valence-electron chi connectivity index (χ1n) is 19.2. The van der Waals surface area contributed by atoms with Crippen LogP contribution in [0.15, 0.2) is 215 Å². The molecule has 11 aromatic rings. The molecular formula is C53H34N2O2. The summed E-state index contributed by atoms with van der Waals surface area (Å²) in [6.07, 6.45) is 0. The fraction of sp³-hybridized carbons (Fsp3) is 0. The summed E-state index contributed by atoms with van der Waals surface area (Å²) in [7, 11) is 0. The van der Waals surface area contributed by atoms with Gasteiger partial charge in [0.1, 0.15) is 16.7 Å². The molecule has 0 aliphatic rings. The van der Waals surface area contributed by atoms with Gasteiger partial charge in [-0.25, -0.2) is 4.98 Å². The summed E-state index contributed by atoms with van der Waals surface area (Å²) in [6, 6.07) is 72.5. The van der Waals surface area contributed by atoms with E-state index < -0.39 is 0 Å². The quantitative estimate of drug-likeness (QED) is 0.164. The number of aromatic nitrogens is 1. The van der Waals surface area contributed by atoms with E-state index in [0.29, 0.717) is 11.5 Å². The summed E-state index contributed by atoms with van der Waals surface area (Å²) in [5.41, 5.74) is 14.3. The molecule has 0 saturated heterocycles. The maximum Gasteiger partial charge on any atom is 0.227 e. The first-order valence-corrected chi connectivity index (χ1v) is 19.2. The van der Waals surface area contributed by atoms with Gasteiger partial charge < -0.3 is 13.7 Å². The van der Waals surface area contributed by atoms with Gasteiger partial charge in [0.05, 0.1) is 5.69 Å². The summed E-state index contributed by atoms with van der Waals surface area (Å²) in [5.74, 6) is 0.597. The number of hydrogen-bond donors (Lipinski definition) is 0. The van der Waals surface area contributed by atoms with Gasteiger partial charge in [-0.3, -0.25) is 0 Å². The molecule has 0 aliphatic heterocycles. The lowest BCUT2D eigenvalue weighted by Crippen LogP contribution is -2.10. The molecule has 0 radical (unpaired) electrons. The van der Waals surface area contributed by atoms with Crippen LogP contribution in [0.3, 0.4) is 0 Å². The number of hydrogen-bond acceptors (Lipinski definition) is 4. The molecule has 2 aromatic heterocycles. The van der Waals surface area contributed by atoms with E-state index in [2.05, 4.69) is 169 Å². The van der Waals surface area contributed by atoms with Crippen molar-refractivity contribution in [2.45, 2.75) is 0 Å². The van der Waals surface area contributed by atoms with Crippen molar-refractivity contribution in [2.75, 3.05) is 4.90 Å². The second-order valence-electron chi connectivity index (χ2n) is 14.3. The molecule has 11 rings (SSSR count). The van der Waals surface area contributed by atoms with Crippen LogP contribution in [-0.2, 0) is 0 Å². The van der Waals surface area contributed by atoms with Crippen molar-refractivity contribution in [1.82, 2.24) is 4.98 Å². The van der Waals surface area contributed by atoms with Crippen LogP contribution in [0.4, 0.5) is 17.1 Å². The van der Waals surface area contributed by atoms with Gasteiger partial charge in [0.2, 0.25) is 5.89 Å². The van der Waals surface area contributed by atoms with Crippen molar-refractivity contribution in [3.05, 3.63) is 206 Å². The minimum Gasteiger partial charge on any atom is -0.456 e. The fourth-order valence-electron chi connectivity index (χ4n) is 8.19. The fourth-order valence-corrected chi connectivity index (χ4v) is 8.19. The molecule has 0 N–H and O–H groups in total. The molecule has 0 bridgehead atoms. The predicted octanol–water partition coefficient (Wildman–Crippen LogP) is 15.0. The number of oxazole rings is 1. The van der Waals surface area contributed by atoms with Crippen molar-refractivity contribution in [1.29, 1.82) is 0 Å². The van der Waals surface area contributed by atoms with Gasteiger partial charge in [0, 0.05) is 39.2 Å². The summed E-state index contributed by atoms with van der Waals surface area (Å²) < 4.78 is 12.6. The normalized spacial score (nSPS) is 11.5. The third-order valence-electron chi connectivity index (χ3n) is 10.9. The zero-order valence-corrected chi connectivity index (χ0v) is 30.8. The van der Waals surface area contributed by atoms with Crippen molar-refractivity contribution < 1.29 is 8.83 Å². The number of fused-ring (bicyclic) bond motifs is 5. The Kier molecular flexibility index (Phi) is 7.78. The lowest BCUT2D eigenvalue weighted by Gasteiger charge is -2.28. The van der Waals surface area contributed by atoms with Crippen molar-refractivity contribution >= 4 is 60.9 Å². The summed E-state index contributed by atoms with van der Waals surface area (Å²) in [4.78, 5) is 7.23. The van der Waals surface area contributed by atoms with Gasteiger partial charge in [-0.2, -0.15) is 0 Å². The monoisotopic (exact) mass is 730 g/mol. The summed E-state index contributed by atoms with van der Waals surface area (Å²) in [5, 5.41) is 4.45. The zero-order valence-electron chi connectivity index (χ0n) is 30.8. The molecule has 57 heavy (non-hydrogen) atoms. The number of nitrogens with zero attached hydrogens (tertiary/aromatic N) is 2. The van der Waals surface area contributed by atoms with E-state index in [0.717, 1.165) is 61.2 Å². The Morgan fingerprint density at radius 2 is 0.930 bits per heavy atom. The molecule has 4 heteroatoms. The maximum atomic E-state index is 6.44. The van der Waals surface area contributed by atoms with E-state index in [4.69, 9.17) is 13.8 Å². The van der Waals surface area contributed by atoms with E-state index in [-0.39, 0.29) is 0 Å². The van der Waals surface area contributed by atoms with Crippen LogP contribution in [0.2, 0.25) is 0 Å². The van der Waals surface area contributed by atoms with Gasteiger partial charge >= 0.3 is 0 Å². The summed E-state index contributed by atoms with van der Waals surface area (Å²) >= 11 is 0. The Labute approximate surface area is 329 Å². The van der Waals surface area contributed by atoms with Gasteiger partial charge in [-0.1, -0.05) is 146 Å². The molecule has 9 aromatic carbocycles. The second-order valence-corrected chi connectivity index (χ2v) is 14.3. The molecule has 2 heterocycles. The molecule has 0 saturated carbocycles. The highest BCUT2D eigenvalue weighted by molar-refractivity contribution is 6.15. The topological polar surface area (TPSA) is 42.4 Å². The molecule has 0 atom stereocenters. The van der Waals surface area contributed by atoms with Gasteiger partial charge in [-0.05, 0) is 93.4 Å². The number of benzene rings is 9. The SMILES string of the molecule is c1ccc(-c2ccc(N(c3ccc(-c4cccc5oc6cc7oc(-c8ccccc8)nc7cc6c45)cc3)c3ccc(-c4ccccc4)c4ccccc34)cc2)cc1. The van der Waals surface area contributed by atoms with Gasteiger partial charge in [0.15, 0.2) is 5.58 Å². The molecule has 0 fully saturated rings. The Bertz CT molecular complexity index is 3200. The van der Waals surface area contributed by atoms with E-state index >= 15 is 0 Å². The van der Waals surface area contributed by atoms with E-state index in [9.17, 15) is 0 Å². The highest BCUT2D eigenvalue weighted by atomic mass is 16.4. The Morgan fingerprint density at radius 1 is 0.351 bits per heavy atom. The van der Waals surface area contributed by atoms with E-state index in [1.54, 1.807) is 0 Å². The van der Waals surface area contributed by atoms with E-state index in [1.165, 1.54) is 33.0 Å². The van der Waals surface area contributed by atoms with Crippen molar-refractivity contribution in [3.8, 4) is 44.8 Å². The largest absolute Gasteiger partial charge is 0.456 e.